The summed E-state index contributed by atoms with van der Waals surface area (Å²) in [5, 5.41) is 0.641. The normalized spacial score (nSPS) is 10.8. The van der Waals surface area contributed by atoms with Gasteiger partial charge in [0.2, 0.25) is 0 Å². The summed E-state index contributed by atoms with van der Waals surface area (Å²) < 4.78 is 0. The minimum atomic E-state index is -0.402. The minimum Gasteiger partial charge on any atom is -0.293 e. The first-order valence-corrected chi connectivity index (χ1v) is 8.55. The fourth-order valence-corrected chi connectivity index (χ4v) is 1.91. The number of halogens is 3. The van der Waals surface area contributed by atoms with Crippen molar-refractivity contribution >= 4 is 44.9 Å². The molecule has 0 aliphatic heterocycles. The van der Waals surface area contributed by atoms with Crippen molar-refractivity contribution in [3.05, 3.63) is 59.2 Å². The summed E-state index contributed by atoms with van der Waals surface area (Å²) in [7, 11) is 0. The number of rotatable bonds is 4. The van der Waals surface area contributed by atoms with Gasteiger partial charge in [-0.05, 0) is 31.5 Å². The van der Waals surface area contributed by atoms with Crippen LogP contribution in [0.3, 0.4) is 0 Å². The van der Waals surface area contributed by atoms with E-state index in [0.717, 1.165) is 5.56 Å². The van der Waals surface area contributed by atoms with Crippen molar-refractivity contribution in [2.75, 3.05) is 5.88 Å². The van der Waals surface area contributed by atoms with Gasteiger partial charge in [0.25, 0.3) is 0 Å². The molecular weight excluding hydrogens is 371 g/mol. The number of hydrogen-bond acceptors (Lipinski definition) is 1. The largest absolute Gasteiger partial charge is 0.293 e. The summed E-state index contributed by atoms with van der Waals surface area (Å²) in [6.07, 6.45) is 4.00. The molecule has 21 heavy (non-hydrogen) atoms. The van der Waals surface area contributed by atoms with E-state index in [4.69, 9.17) is 23.2 Å². The summed E-state index contributed by atoms with van der Waals surface area (Å²) in [5.41, 5.74) is 1.24. The van der Waals surface area contributed by atoms with Gasteiger partial charge in [0, 0.05) is 10.6 Å². The molecule has 1 atom stereocenters. The van der Waals surface area contributed by atoms with Crippen molar-refractivity contribution in [3.8, 4) is 0 Å². The molecule has 0 saturated carbocycles. The van der Waals surface area contributed by atoms with Crippen LogP contribution in [0.25, 0.3) is 0 Å². The molecule has 0 saturated heterocycles. The monoisotopic (exact) mass is 392 g/mol. The third-order valence-electron chi connectivity index (χ3n) is 2.24. The molecule has 0 N–H and O–H groups in total. The fraction of sp³-hybridized carbons (Fsp3) is 0.353. The average Bonchev–Trinajstić information content (AvgIpc) is 2.55. The van der Waals surface area contributed by atoms with Gasteiger partial charge in [-0.15, -0.1) is 11.6 Å². The maximum atomic E-state index is 11.7. The lowest BCUT2D eigenvalue weighted by Gasteiger charge is -2.09. The van der Waals surface area contributed by atoms with Crippen LogP contribution in [0.15, 0.2) is 48.6 Å². The summed E-state index contributed by atoms with van der Waals surface area (Å²) in [4.78, 5) is 11.3. The molecule has 0 amide bonds. The Morgan fingerprint density at radius 1 is 1.24 bits per heavy atom. The highest BCUT2D eigenvalue weighted by Crippen LogP contribution is 2.27. The number of benzene rings is 1. The Hall–Kier alpha value is -0.570. The number of carbonyl (C=O) groups excluding carboxylic acids is 1. The Labute approximate surface area is 147 Å². The number of Topliss-reactive ketones (excluding diaryl/α,β-unsaturated/α-hetero) is 1. The predicted octanol–water partition coefficient (Wildman–Crippen LogP) is 6.75. The molecule has 1 rings (SSSR count). The van der Waals surface area contributed by atoms with Crippen molar-refractivity contribution in [2.45, 2.75) is 32.5 Å². The lowest BCUT2D eigenvalue weighted by Crippen LogP contribution is -2.09. The first-order chi connectivity index (χ1) is 9.97. The maximum Gasteiger partial charge on any atom is 0.177 e. The standard InChI is InChI=1S/C11H9BrCl2O.C4H8.C2H6/c1-7(6-13)11(15)10(12)8-2-4-9(14)5-3-8;1-3-4-2;1-2/h2-5,10H,1,6H2;3-4H,1-2H3;1-2H3/b;4-3-;. The van der Waals surface area contributed by atoms with Gasteiger partial charge in [0.15, 0.2) is 5.78 Å². The second-order valence-corrected chi connectivity index (χ2v) is 5.30. The zero-order valence-corrected chi connectivity index (χ0v) is 16.1. The van der Waals surface area contributed by atoms with Crippen LogP contribution in [0.5, 0.6) is 0 Å². The van der Waals surface area contributed by atoms with E-state index in [9.17, 15) is 4.79 Å². The molecule has 4 heteroatoms. The van der Waals surface area contributed by atoms with Gasteiger partial charge in [-0.25, -0.2) is 0 Å². The highest BCUT2D eigenvalue weighted by Gasteiger charge is 2.18. The molecule has 1 aromatic carbocycles. The molecule has 0 heterocycles. The molecule has 118 valence electrons. The van der Waals surface area contributed by atoms with E-state index in [-0.39, 0.29) is 11.7 Å². The summed E-state index contributed by atoms with van der Waals surface area (Å²) in [5.74, 6) is 0.0430. The van der Waals surface area contributed by atoms with Crippen molar-refractivity contribution < 1.29 is 4.79 Å². The summed E-state index contributed by atoms with van der Waals surface area (Å²) >= 11 is 14.6. The van der Waals surface area contributed by atoms with Gasteiger partial charge >= 0.3 is 0 Å². The molecule has 1 aromatic rings. The number of allylic oxidation sites excluding steroid dienone is 3. The zero-order chi connectivity index (χ0) is 16.8. The second-order valence-electron chi connectivity index (χ2n) is 3.68. The SMILES string of the molecule is C/C=C\C.C=C(CCl)C(=O)C(Br)c1ccc(Cl)cc1.CC. The lowest BCUT2D eigenvalue weighted by atomic mass is 10.1. The van der Waals surface area contributed by atoms with Crippen LogP contribution in [0.2, 0.25) is 5.02 Å². The fourth-order valence-electron chi connectivity index (χ4n) is 1.03. The number of ketones is 1. The third kappa shape index (κ3) is 9.89. The molecule has 0 fully saturated rings. The van der Waals surface area contributed by atoms with E-state index < -0.39 is 4.83 Å². The van der Waals surface area contributed by atoms with Gasteiger partial charge in [-0.2, -0.15) is 0 Å². The highest BCUT2D eigenvalue weighted by molar-refractivity contribution is 9.09. The Morgan fingerprint density at radius 3 is 2.00 bits per heavy atom. The summed E-state index contributed by atoms with van der Waals surface area (Å²) in [6, 6.07) is 7.06. The van der Waals surface area contributed by atoms with E-state index in [2.05, 4.69) is 22.5 Å². The Bertz CT molecular complexity index is 435. The third-order valence-corrected chi connectivity index (χ3v) is 3.76. The average molecular weight is 394 g/mol. The molecule has 1 nitrogen and oxygen atoms in total. The highest BCUT2D eigenvalue weighted by atomic mass is 79.9. The second kappa shape index (κ2) is 14.4. The van der Waals surface area contributed by atoms with E-state index in [0.29, 0.717) is 10.6 Å². The molecule has 0 bridgehead atoms. The van der Waals surface area contributed by atoms with Crippen LogP contribution >= 0.6 is 39.1 Å². The van der Waals surface area contributed by atoms with Crippen molar-refractivity contribution in [1.82, 2.24) is 0 Å². The van der Waals surface area contributed by atoms with Gasteiger partial charge in [-0.1, -0.05) is 72.2 Å². The van der Waals surface area contributed by atoms with E-state index in [1.807, 2.05) is 39.8 Å². The van der Waals surface area contributed by atoms with Gasteiger partial charge in [0.1, 0.15) is 4.83 Å². The Balaban J connectivity index is 0. The van der Waals surface area contributed by atoms with Crippen molar-refractivity contribution in [1.29, 1.82) is 0 Å². The van der Waals surface area contributed by atoms with Crippen LogP contribution in [0, 0.1) is 0 Å². The minimum absolute atomic E-state index is 0.104. The molecular formula is C17H23BrCl2O. The van der Waals surface area contributed by atoms with Gasteiger partial charge in [-0.3, -0.25) is 4.79 Å². The Morgan fingerprint density at radius 2 is 1.67 bits per heavy atom. The quantitative estimate of drug-likeness (QED) is 0.314. The van der Waals surface area contributed by atoms with E-state index in [1.54, 1.807) is 24.3 Å². The molecule has 0 aliphatic rings. The zero-order valence-electron chi connectivity index (χ0n) is 13.0. The van der Waals surface area contributed by atoms with Crippen LogP contribution in [0.4, 0.5) is 0 Å². The number of alkyl halides is 2. The number of hydrogen-bond donors (Lipinski definition) is 0. The van der Waals surface area contributed by atoms with Crippen LogP contribution in [-0.4, -0.2) is 11.7 Å². The first kappa shape index (κ1) is 22.7. The van der Waals surface area contributed by atoms with E-state index in [1.165, 1.54) is 0 Å². The van der Waals surface area contributed by atoms with Crippen LogP contribution in [-0.2, 0) is 4.79 Å². The van der Waals surface area contributed by atoms with Gasteiger partial charge in [0.05, 0.1) is 5.88 Å². The van der Waals surface area contributed by atoms with E-state index >= 15 is 0 Å². The van der Waals surface area contributed by atoms with Crippen molar-refractivity contribution in [2.24, 2.45) is 0 Å². The summed E-state index contributed by atoms with van der Waals surface area (Å²) in [6.45, 7) is 11.6. The lowest BCUT2D eigenvalue weighted by molar-refractivity contribution is -0.114. The van der Waals surface area contributed by atoms with Crippen LogP contribution < -0.4 is 0 Å². The predicted molar refractivity (Wildman–Crippen MR) is 99.8 cm³/mol. The smallest absolute Gasteiger partial charge is 0.177 e. The number of carbonyl (C=O) groups is 1. The maximum absolute atomic E-state index is 11.7. The molecule has 0 spiro atoms. The van der Waals surface area contributed by atoms with Crippen molar-refractivity contribution in [3.63, 3.8) is 0 Å². The molecule has 0 aromatic heterocycles. The van der Waals surface area contributed by atoms with Crippen LogP contribution in [0.1, 0.15) is 38.1 Å². The molecule has 0 radical (unpaired) electrons. The molecule has 0 aliphatic carbocycles. The Kier molecular flexibility index (Phi) is 15.5. The molecule has 1 unspecified atom stereocenters. The first-order valence-electron chi connectivity index (χ1n) is 6.72. The topological polar surface area (TPSA) is 17.1 Å². The van der Waals surface area contributed by atoms with Gasteiger partial charge < -0.3 is 0 Å².